The minimum Gasteiger partial charge on any atom is -0.288 e. The average molecular weight is 667 g/mol. The molecular weight excluding hydrogens is 649 g/mol. The van der Waals surface area contributed by atoms with Crippen LogP contribution in [0, 0.1) is 11.8 Å². The average Bonchev–Trinajstić information content (AvgIpc) is 4.03. The highest BCUT2D eigenvalue weighted by molar-refractivity contribution is 7.12. The van der Waals surface area contributed by atoms with Crippen molar-refractivity contribution in [2.45, 2.75) is 17.3 Å². The van der Waals surface area contributed by atoms with Gasteiger partial charge in [-0.05, 0) is 175 Å². The van der Waals surface area contributed by atoms with Gasteiger partial charge in [0.05, 0.1) is 4.88 Å². The molecule has 52 heavy (non-hydrogen) atoms. The Morgan fingerprint density at radius 3 is 1.52 bits per heavy atom. The molecule has 0 N–H and O–H groups in total. The van der Waals surface area contributed by atoms with Crippen molar-refractivity contribution < 1.29 is 4.79 Å². The highest BCUT2D eigenvalue weighted by Gasteiger charge is 2.77. The Morgan fingerprint density at radius 2 is 0.981 bits per heavy atom. The lowest BCUT2D eigenvalue weighted by Crippen LogP contribution is -2.56. The van der Waals surface area contributed by atoms with E-state index in [0.717, 1.165) is 16.9 Å². The standard InChI is InChI=1S/C50H18OS/c51-48(29-2-1-13-52-29)25-14-16-15-28(25)50-27-12-11-26-23-9-7-21-19-5-3-17-18-4-6-20-22-8-10-24(27)37-35(22)40-33(20)31(18)38-30(17)32(19)39-34(21)36(23)46(49(16,26)50)44-42(39)41(38)43(40)45(44)47(37)50/h1-14,16,28H,15H2. The third-order valence-electron chi connectivity index (χ3n) is 16.8. The van der Waals surface area contributed by atoms with Gasteiger partial charge in [-0.15, -0.1) is 11.3 Å². The number of benzene rings is 8. The number of thiophene rings is 1. The predicted octanol–water partition coefficient (Wildman–Crippen LogP) is 10.8. The van der Waals surface area contributed by atoms with Gasteiger partial charge in [-0.2, -0.15) is 0 Å². The summed E-state index contributed by atoms with van der Waals surface area (Å²) >= 11 is 1.60. The van der Waals surface area contributed by atoms with Crippen LogP contribution in [0.15, 0.2) is 89.8 Å². The summed E-state index contributed by atoms with van der Waals surface area (Å²) in [6.07, 6.45) is 8.63. The summed E-state index contributed by atoms with van der Waals surface area (Å²) in [5.41, 5.74) is 6.79. The van der Waals surface area contributed by atoms with E-state index in [1.165, 1.54) is 113 Å². The fraction of sp³-hybridized carbons (Fsp3) is 0.100. The number of ketones is 1. The third kappa shape index (κ3) is 1.54. The highest BCUT2D eigenvalue weighted by atomic mass is 32.1. The van der Waals surface area contributed by atoms with E-state index in [4.69, 9.17) is 0 Å². The van der Waals surface area contributed by atoms with Crippen molar-refractivity contribution in [1.82, 2.24) is 0 Å². The Bertz CT molecular complexity index is 4230. The normalized spacial score (nSPS) is 26.6. The topological polar surface area (TPSA) is 17.1 Å². The summed E-state index contributed by atoms with van der Waals surface area (Å²) in [5, 5.41) is 38.0. The Hall–Kier alpha value is -5.83. The molecule has 0 saturated heterocycles. The molecule has 2 bridgehead atoms. The fourth-order valence-corrected chi connectivity index (χ4v) is 16.7. The van der Waals surface area contributed by atoms with E-state index in [1.54, 1.807) is 49.4 Å². The number of fused-ring (bicyclic) bond motifs is 5. The minimum atomic E-state index is -0.306. The van der Waals surface area contributed by atoms with E-state index in [9.17, 15) is 4.79 Å². The van der Waals surface area contributed by atoms with E-state index >= 15 is 0 Å². The van der Waals surface area contributed by atoms with Gasteiger partial charge in [0.1, 0.15) is 0 Å². The first-order valence-corrected chi connectivity index (χ1v) is 19.8. The van der Waals surface area contributed by atoms with Gasteiger partial charge in [0.2, 0.25) is 0 Å². The lowest BCUT2D eigenvalue weighted by atomic mass is 9.44. The lowest BCUT2D eigenvalue weighted by Gasteiger charge is -2.56. The van der Waals surface area contributed by atoms with Gasteiger partial charge in [0, 0.05) is 22.3 Å². The van der Waals surface area contributed by atoms with Gasteiger partial charge in [-0.25, -0.2) is 0 Å². The highest BCUT2D eigenvalue weighted by Crippen LogP contribution is 2.82. The van der Waals surface area contributed by atoms with Crippen LogP contribution >= 0.6 is 11.3 Å². The van der Waals surface area contributed by atoms with Gasteiger partial charge < -0.3 is 0 Å². The molecule has 1 heterocycles. The smallest absolute Gasteiger partial charge is 0.198 e. The van der Waals surface area contributed by atoms with Crippen molar-refractivity contribution in [2.24, 2.45) is 11.8 Å². The molecule has 1 nitrogen and oxygen atoms in total. The van der Waals surface area contributed by atoms with Crippen LogP contribution in [0.1, 0.15) is 27.2 Å². The second-order valence-corrected chi connectivity index (χ2v) is 18.4. The SMILES string of the molecule is O=C(C1=CC2CC1C13C4=c5ccc6c7ccc8c9ccc%10c%11ccc%12c%13c(c%14c%15c1c5c6c1c7c8c5c9c%10c(c%13%11)c%14c5c%151)C23C=%12C=C4)c1cccs1. The molecule has 6 aliphatic rings. The fourth-order valence-electron chi connectivity index (χ4n) is 16.0. The second kappa shape index (κ2) is 6.00. The second-order valence-electron chi connectivity index (χ2n) is 17.5. The molecule has 0 radical (unpaired) electrons. The van der Waals surface area contributed by atoms with Crippen LogP contribution in [0.2, 0.25) is 0 Å². The quantitative estimate of drug-likeness (QED) is 0.133. The van der Waals surface area contributed by atoms with Crippen molar-refractivity contribution in [3.8, 4) is 0 Å². The van der Waals surface area contributed by atoms with Crippen molar-refractivity contribution in [3.05, 3.63) is 116 Å². The van der Waals surface area contributed by atoms with Crippen molar-refractivity contribution in [3.63, 3.8) is 0 Å². The van der Waals surface area contributed by atoms with Gasteiger partial charge >= 0.3 is 0 Å². The summed E-state index contributed by atoms with van der Waals surface area (Å²) in [7, 11) is 0. The maximum Gasteiger partial charge on any atom is 0.198 e. The molecule has 4 unspecified atom stereocenters. The van der Waals surface area contributed by atoms with Crippen LogP contribution in [0.3, 0.4) is 0 Å². The zero-order valence-electron chi connectivity index (χ0n) is 27.3. The van der Waals surface area contributed by atoms with E-state index < -0.39 is 0 Å². The molecule has 19 rings (SSSR count). The maximum absolute atomic E-state index is 14.7. The largest absolute Gasteiger partial charge is 0.288 e. The summed E-state index contributed by atoms with van der Waals surface area (Å²) in [6, 6.07) is 23.9. The van der Waals surface area contributed by atoms with Crippen molar-refractivity contribution in [1.29, 1.82) is 0 Å². The van der Waals surface area contributed by atoms with Crippen LogP contribution in [0.4, 0.5) is 0 Å². The van der Waals surface area contributed by atoms with E-state index in [1.807, 2.05) is 12.1 Å². The number of allylic oxidation sites excluding steroid dienone is 4. The maximum atomic E-state index is 14.7. The van der Waals surface area contributed by atoms with E-state index in [0.29, 0.717) is 0 Å². The van der Waals surface area contributed by atoms with Gasteiger partial charge in [-0.1, -0.05) is 72.8 Å². The van der Waals surface area contributed by atoms with Crippen LogP contribution in [0.25, 0.3) is 130 Å². The van der Waals surface area contributed by atoms with Gasteiger partial charge in [0.15, 0.2) is 5.78 Å². The first-order valence-electron chi connectivity index (χ1n) is 19.0. The third-order valence-corrected chi connectivity index (χ3v) is 17.6. The molecule has 2 heteroatoms. The zero-order chi connectivity index (χ0) is 32.4. The summed E-state index contributed by atoms with van der Waals surface area (Å²) in [4.78, 5) is 15.6. The Labute approximate surface area is 295 Å². The molecule has 230 valence electrons. The molecule has 0 amide bonds. The van der Waals surface area contributed by atoms with Crippen LogP contribution in [0.5, 0.6) is 0 Å². The monoisotopic (exact) mass is 666 g/mol. The number of hydrogen-bond donors (Lipinski definition) is 0. The lowest BCUT2D eigenvalue weighted by molar-refractivity contribution is 0.101. The Morgan fingerprint density at radius 1 is 0.519 bits per heavy atom. The van der Waals surface area contributed by atoms with Crippen LogP contribution < -0.4 is 10.4 Å². The van der Waals surface area contributed by atoms with Gasteiger partial charge in [0.25, 0.3) is 0 Å². The first kappa shape index (κ1) is 22.9. The number of Topliss-reactive ketones (excluding diaryl/α,β-unsaturated/α-hetero) is 1. The van der Waals surface area contributed by atoms with Gasteiger partial charge in [-0.3, -0.25) is 4.79 Å². The summed E-state index contributed by atoms with van der Waals surface area (Å²) < 4.78 is 0. The molecule has 1 aromatic heterocycles. The minimum absolute atomic E-state index is 0.135. The van der Waals surface area contributed by atoms with E-state index in [-0.39, 0.29) is 28.4 Å². The van der Waals surface area contributed by atoms with Crippen molar-refractivity contribution >= 4 is 147 Å². The molecule has 4 atom stereocenters. The molecule has 13 aromatic rings. The molecule has 6 aliphatic carbocycles. The predicted molar refractivity (Wildman–Crippen MR) is 215 cm³/mol. The molecule has 1 fully saturated rings. The zero-order valence-corrected chi connectivity index (χ0v) is 28.1. The summed E-state index contributed by atoms with van der Waals surface area (Å²) in [6.45, 7) is 0. The summed E-state index contributed by atoms with van der Waals surface area (Å²) in [5.74, 6) is 0.661. The number of rotatable bonds is 2. The molecule has 12 aromatic carbocycles. The van der Waals surface area contributed by atoms with Crippen LogP contribution in [-0.2, 0) is 10.8 Å². The Balaban J connectivity index is 1.24. The molecular formula is C50H18OS. The molecule has 2 spiro atoms. The first-order chi connectivity index (χ1) is 25.8. The van der Waals surface area contributed by atoms with Crippen LogP contribution in [-0.4, -0.2) is 5.78 Å². The number of hydrogen-bond acceptors (Lipinski definition) is 2. The molecule has 0 aliphatic heterocycles. The van der Waals surface area contributed by atoms with Crippen molar-refractivity contribution in [2.75, 3.05) is 0 Å². The Kier molecular flexibility index (Phi) is 2.64. The number of carbonyl (C=O) groups is 1. The molecule has 1 saturated carbocycles. The van der Waals surface area contributed by atoms with E-state index in [2.05, 4.69) is 72.1 Å². The number of carbonyl (C=O) groups excluding carboxylic acids is 1.